The second kappa shape index (κ2) is 11.7. The highest BCUT2D eigenvalue weighted by atomic mass is 19.1. The predicted molar refractivity (Wildman–Crippen MR) is 146 cm³/mol. The summed E-state index contributed by atoms with van der Waals surface area (Å²) in [5, 5.41) is 23.1. The second-order valence-corrected chi connectivity index (χ2v) is 9.14. The van der Waals surface area contributed by atoms with Crippen molar-refractivity contribution in [2.45, 2.75) is 20.4 Å². The monoisotopic (exact) mass is 532 g/mol. The van der Waals surface area contributed by atoms with Gasteiger partial charge in [-0.3, -0.25) is 4.98 Å². The lowest BCUT2D eigenvalue weighted by molar-refractivity contribution is 0.254. The first-order valence-corrected chi connectivity index (χ1v) is 12.0. The summed E-state index contributed by atoms with van der Waals surface area (Å²) in [6, 6.07) is 9.70. The Kier molecular flexibility index (Phi) is 8.15. The molecule has 202 valence electrons. The topological polar surface area (TPSA) is 135 Å². The SMILES string of the molecule is Cc1cc(/C=N/N(C(N)=O)c2ccc(Oc3ccnc(-c4nncn4CCN(C)C)c3)c(F)c2)cc(C)c1O. The summed E-state index contributed by atoms with van der Waals surface area (Å²) in [4.78, 5) is 18.5. The number of primary amides is 1. The summed E-state index contributed by atoms with van der Waals surface area (Å²) in [7, 11) is 3.95. The van der Waals surface area contributed by atoms with Crippen LogP contribution in [-0.4, -0.2) is 62.6 Å². The van der Waals surface area contributed by atoms with Crippen LogP contribution in [0.2, 0.25) is 0 Å². The van der Waals surface area contributed by atoms with Crippen LogP contribution in [0, 0.1) is 19.7 Å². The Morgan fingerprint density at radius 1 is 1.18 bits per heavy atom. The zero-order valence-electron chi connectivity index (χ0n) is 22.0. The fourth-order valence-electron chi connectivity index (χ4n) is 3.79. The van der Waals surface area contributed by atoms with Crippen LogP contribution in [0.15, 0.2) is 60.1 Å². The van der Waals surface area contributed by atoms with Gasteiger partial charge in [0, 0.05) is 31.4 Å². The van der Waals surface area contributed by atoms with E-state index in [1.807, 2.05) is 23.6 Å². The molecule has 4 rings (SSSR count). The van der Waals surface area contributed by atoms with Crippen LogP contribution in [0.3, 0.4) is 0 Å². The number of benzene rings is 2. The number of rotatable bonds is 9. The highest BCUT2D eigenvalue weighted by molar-refractivity contribution is 5.93. The van der Waals surface area contributed by atoms with Gasteiger partial charge < -0.3 is 25.0 Å². The molecule has 0 unspecified atom stereocenters. The number of anilines is 1. The third kappa shape index (κ3) is 6.54. The van der Waals surface area contributed by atoms with Gasteiger partial charge in [0.1, 0.15) is 23.5 Å². The van der Waals surface area contributed by atoms with E-state index >= 15 is 4.39 Å². The summed E-state index contributed by atoms with van der Waals surface area (Å²) in [6.07, 6.45) is 4.57. The van der Waals surface area contributed by atoms with Crippen molar-refractivity contribution in [2.24, 2.45) is 10.8 Å². The summed E-state index contributed by atoms with van der Waals surface area (Å²) in [5.74, 6) is 0.300. The maximum absolute atomic E-state index is 15.1. The number of likely N-dealkylation sites (N-methyl/N-ethyl adjacent to an activating group) is 1. The lowest BCUT2D eigenvalue weighted by Gasteiger charge is -2.16. The number of phenolic OH excluding ortho intramolecular Hbond substituents is 1. The van der Waals surface area contributed by atoms with Crippen LogP contribution in [0.1, 0.15) is 16.7 Å². The van der Waals surface area contributed by atoms with Gasteiger partial charge in [0.25, 0.3) is 0 Å². The summed E-state index contributed by atoms with van der Waals surface area (Å²) in [6.45, 7) is 4.96. The van der Waals surface area contributed by atoms with Gasteiger partial charge in [-0.1, -0.05) is 0 Å². The van der Waals surface area contributed by atoms with Crippen molar-refractivity contribution in [3.63, 3.8) is 0 Å². The molecule has 3 N–H and O–H groups in total. The normalized spacial score (nSPS) is 11.3. The molecule has 2 aromatic heterocycles. The maximum atomic E-state index is 15.1. The van der Waals surface area contributed by atoms with E-state index in [0.29, 0.717) is 40.5 Å². The van der Waals surface area contributed by atoms with Crippen LogP contribution in [0.25, 0.3) is 11.5 Å². The Hall–Kier alpha value is -4.84. The Bertz CT molecular complexity index is 1500. The molecule has 0 aliphatic heterocycles. The molecule has 0 bridgehead atoms. The fraction of sp³-hybridized carbons (Fsp3) is 0.222. The fourth-order valence-corrected chi connectivity index (χ4v) is 3.79. The van der Waals surface area contributed by atoms with E-state index in [0.717, 1.165) is 17.6 Å². The number of hydrazone groups is 1. The Balaban J connectivity index is 1.53. The number of phenols is 1. The summed E-state index contributed by atoms with van der Waals surface area (Å²) >= 11 is 0. The Morgan fingerprint density at radius 3 is 2.59 bits per heavy atom. The van der Waals surface area contributed by atoms with E-state index in [2.05, 4.69) is 20.3 Å². The molecular weight excluding hydrogens is 503 g/mol. The number of amides is 2. The number of nitrogens with zero attached hydrogens (tertiary/aromatic N) is 7. The summed E-state index contributed by atoms with van der Waals surface area (Å²) in [5.41, 5.74) is 8.08. The van der Waals surface area contributed by atoms with E-state index in [-0.39, 0.29) is 17.2 Å². The van der Waals surface area contributed by atoms with E-state index in [1.165, 1.54) is 24.5 Å². The first-order chi connectivity index (χ1) is 18.6. The quantitative estimate of drug-likeness (QED) is 0.245. The minimum absolute atomic E-state index is 0.0665. The van der Waals surface area contributed by atoms with Gasteiger partial charge in [-0.15, -0.1) is 10.2 Å². The van der Waals surface area contributed by atoms with Crippen LogP contribution in [0.5, 0.6) is 17.2 Å². The van der Waals surface area contributed by atoms with Gasteiger partial charge in [0.2, 0.25) is 0 Å². The molecule has 0 radical (unpaired) electrons. The van der Waals surface area contributed by atoms with Crippen LogP contribution < -0.4 is 15.5 Å². The molecule has 0 fully saturated rings. The lowest BCUT2D eigenvalue weighted by Crippen LogP contribution is -2.31. The molecule has 0 saturated heterocycles. The van der Waals surface area contributed by atoms with Crippen molar-refractivity contribution in [2.75, 3.05) is 25.6 Å². The smallest absolute Gasteiger partial charge is 0.340 e. The number of aromatic hydroxyl groups is 1. The van der Waals surface area contributed by atoms with Gasteiger partial charge in [-0.2, -0.15) is 10.1 Å². The molecule has 2 heterocycles. The van der Waals surface area contributed by atoms with Gasteiger partial charge in [0.05, 0.1) is 11.9 Å². The average molecular weight is 533 g/mol. The van der Waals surface area contributed by atoms with Crippen LogP contribution in [-0.2, 0) is 6.54 Å². The number of pyridine rings is 1. The third-order valence-electron chi connectivity index (χ3n) is 5.80. The Morgan fingerprint density at radius 2 is 1.92 bits per heavy atom. The number of hydrogen-bond donors (Lipinski definition) is 2. The van der Waals surface area contributed by atoms with Crippen molar-refractivity contribution in [3.05, 3.63) is 77.5 Å². The molecule has 0 aliphatic carbocycles. The number of urea groups is 1. The van der Waals surface area contributed by atoms with Gasteiger partial charge in [-0.25, -0.2) is 9.18 Å². The third-order valence-corrected chi connectivity index (χ3v) is 5.80. The van der Waals surface area contributed by atoms with E-state index in [1.54, 1.807) is 44.4 Å². The van der Waals surface area contributed by atoms with Crippen LogP contribution in [0.4, 0.5) is 14.9 Å². The van der Waals surface area contributed by atoms with Crippen molar-refractivity contribution < 1.29 is 19.0 Å². The molecule has 0 saturated carbocycles. The maximum Gasteiger partial charge on any atom is 0.340 e. The minimum atomic E-state index is -0.899. The first kappa shape index (κ1) is 27.2. The van der Waals surface area contributed by atoms with Crippen molar-refractivity contribution in [3.8, 4) is 28.8 Å². The molecule has 2 amide bonds. The molecule has 0 spiro atoms. The summed E-state index contributed by atoms with van der Waals surface area (Å²) < 4.78 is 22.7. The number of nitrogens with two attached hydrogens (primary N) is 1. The number of halogens is 1. The number of carbonyl (C=O) groups is 1. The first-order valence-electron chi connectivity index (χ1n) is 12.0. The molecular formula is C27H29FN8O3. The molecule has 4 aromatic rings. The number of carbonyl (C=O) groups excluding carboxylic acids is 1. The van der Waals surface area contributed by atoms with Crippen molar-refractivity contribution in [1.29, 1.82) is 0 Å². The second-order valence-electron chi connectivity index (χ2n) is 9.14. The van der Waals surface area contributed by atoms with Crippen molar-refractivity contribution in [1.82, 2.24) is 24.6 Å². The number of hydrogen-bond acceptors (Lipinski definition) is 8. The van der Waals surface area contributed by atoms with E-state index in [4.69, 9.17) is 10.5 Å². The standard InChI is InChI=1S/C27H29FN8O3/c1-17-11-19(12-18(2)25(17)37)15-32-36(27(29)38)20-5-6-24(22(28)13-20)39-21-7-8-30-23(14-21)26-33-31-16-35(26)10-9-34(3)4/h5-8,11-16,37H,9-10H2,1-4H3,(H2,29,38)/b32-15+. The molecule has 0 aliphatic rings. The molecule has 0 atom stereocenters. The average Bonchev–Trinajstić information content (AvgIpc) is 3.36. The predicted octanol–water partition coefficient (Wildman–Crippen LogP) is 4.07. The zero-order valence-corrected chi connectivity index (χ0v) is 22.0. The molecule has 2 aromatic carbocycles. The number of aryl methyl sites for hydroxylation is 2. The highest BCUT2D eigenvalue weighted by Crippen LogP contribution is 2.30. The highest BCUT2D eigenvalue weighted by Gasteiger charge is 2.16. The zero-order chi connectivity index (χ0) is 28.1. The minimum Gasteiger partial charge on any atom is -0.507 e. The Labute approximate surface area is 225 Å². The van der Waals surface area contributed by atoms with Gasteiger partial charge in [-0.05, 0) is 75.0 Å². The van der Waals surface area contributed by atoms with Crippen molar-refractivity contribution >= 4 is 17.9 Å². The van der Waals surface area contributed by atoms with E-state index in [9.17, 15) is 9.90 Å². The van der Waals surface area contributed by atoms with Gasteiger partial charge in [0.15, 0.2) is 17.4 Å². The van der Waals surface area contributed by atoms with Crippen LogP contribution >= 0.6 is 0 Å². The molecule has 11 nitrogen and oxygen atoms in total. The lowest BCUT2D eigenvalue weighted by atomic mass is 10.1. The molecule has 39 heavy (non-hydrogen) atoms. The van der Waals surface area contributed by atoms with E-state index < -0.39 is 11.8 Å². The largest absolute Gasteiger partial charge is 0.507 e. The molecule has 12 heteroatoms. The van der Waals surface area contributed by atoms with Gasteiger partial charge >= 0.3 is 6.03 Å². The number of aromatic nitrogens is 4. The number of ether oxygens (including phenoxy) is 1.